The van der Waals surface area contributed by atoms with Gasteiger partial charge in [-0.15, -0.1) is 5.10 Å². The van der Waals surface area contributed by atoms with Crippen molar-refractivity contribution < 1.29 is 19.1 Å². The lowest BCUT2D eigenvalue weighted by molar-refractivity contribution is -0.135. The maximum absolute atomic E-state index is 11.7. The minimum atomic E-state index is -0.594. The molecule has 1 heterocycles. The van der Waals surface area contributed by atoms with Crippen LogP contribution in [0.15, 0.2) is 39.4 Å². The highest BCUT2D eigenvalue weighted by molar-refractivity contribution is 8.18. The normalized spacial score (nSPS) is 17.3. The van der Waals surface area contributed by atoms with Crippen molar-refractivity contribution in [3.63, 3.8) is 0 Å². The molecular weight excluding hydrogens is 342 g/mol. The van der Waals surface area contributed by atoms with Gasteiger partial charge in [-0.2, -0.15) is 5.10 Å². The summed E-state index contributed by atoms with van der Waals surface area (Å²) in [6, 6.07) is 5.71. The number of nitrogens with one attached hydrogen (secondary N) is 1. The van der Waals surface area contributed by atoms with E-state index in [1.807, 2.05) is 25.1 Å². The van der Waals surface area contributed by atoms with E-state index < -0.39 is 11.9 Å². The minimum absolute atomic E-state index is 0.217. The molecule has 1 saturated heterocycles. The summed E-state index contributed by atoms with van der Waals surface area (Å²) in [4.78, 5) is 23.1. The largest absolute Gasteiger partial charge is 0.493 e. The third-order valence-electron chi connectivity index (χ3n) is 3.12. The van der Waals surface area contributed by atoms with E-state index >= 15 is 0 Å². The van der Waals surface area contributed by atoms with Crippen molar-refractivity contribution in [1.29, 1.82) is 0 Å². The number of methoxy groups -OCH3 is 1. The van der Waals surface area contributed by atoms with Crippen molar-refractivity contribution in [3.8, 4) is 5.75 Å². The van der Waals surface area contributed by atoms with Gasteiger partial charge in [0.05, 0.1) is 24.8 Å². The molecule has 25 heavy (non-hydrogen) atoms. The predicted octanol–water partition coefficient (Wildman–Crippen LogP) is 2.39. The van der Waals surface area contributed by atoms with Crippen LogP contribution in [0.1, 0.15) is 24.5 Å². The molecule has 1 aliphatic rings. The van der Waals surface area contributed by atoms with Gasteiger partial charge in [0.1, 0.15) is 5.75 Å². The minimum Gasteiger partial charge on any atom is -0.493 e. The maximum Gasteiger partial charge on any atom is 0.331 e. The molecular formula is C17H19N3O4S. The topological polar surface area (TPSA) is 89.4 Å². The van der Waals surface area contributed by atoms with Crippen molar-refractivity contribution >= 4 is 35.0 Å². The number of carbonyl (C=O) groups is 2. The molecule has 0 aromatic heterocycles. The fourth-order valence-electron chi connectivity index (χ4n) is 1.92. The Morgan fingerprint density at radius 2 is 2.20 bits per heavy atom. The molecule has 1 aliphatic heterocycles. The number of esters is 1. The van der Waals surface area contributed by atoms with Crippen molar-refractivity contribution in [3.05, 3.63) is 40.3 Å². The molecule has 0 radical (unpaired) electrons. The first kappa shape index (κ1) is 18.7. The van der Waals surface area contributed by atoms with Crippen LogP contribution in [0.25, 0.3) is 0 Å². The van der Waals surface area contributed by atoms with Gasteiger partial charge in [0.25, 0.3) is 5.91 Å². The first-order valence-corrected chi connectivity index (χ1v) is 8.48. The second kappa shape index (κ2) is 9.03. The Kier molecular flexibility index (Phi) is 6.76. The van der Waals surface area contributed by atoms with Crippen LogP contribution in [-0.2, 0) is 14.3 Å². The smallest absolute Gasteiger partial charge is 0.331 e. The maximum atomic E-state index is 11.7. The summed E-state index contributed by atoms with van der Waals surface area (Å²) >= 11 is 1.03. The average Bonchev–Trinajstić information content (AvgIpc) is 2.93. The summed E-state index contributed by atoms with van der Waals surface area (Å²) in [7, 11) is 1.25. The fraction of sp³-hybridized carbons (Fsp3) is 0.294. The number of nitrogens with zero attached hydrogens (tertiary/aromatic N) is 2. The Labute approximate surface area is 150 Å². The van der Waals surface area contributed by atoms with Crippen LogP contribution in [0.4, 0.5) is 0 Å². The van der Waals surface area contributed by atoms with E-state index in [1.165, 1.54) is 7.11 Å². The van der Waals surface area contributed by atoms with Crippen molar-refractivity contribution in [2.75, 3.05) is 13.7 Å². The van der Waals surface area contributed by atoms with Crippen molar-refractivity contribution in [2.45, 2.75) is 20.3 Å². The zero-order chi connectivity index (χ0) is 18.2. The van der Waals surface area contributed by atoms with Crippen LogP contribution >= 0.6 is 11.8 Å². The van der Waals surface area contributed by atoms with Crippen molar-refractivity contribution in [2.24, 2.45) is 10.2 Å². The second-order valence-corrected chi connectivity index (χ2v) is 6.14. The molecule has 0 bridgehead atoms. The number of benzene rings is 1. The lowest BCUT2D eigenvalue weighted by atomic mass is 10.1. The number of hydrogen-bond donors (Lipinski definition) is 1. The Morgan fingerprint density at radius 1 is 1.40 bits per heavy atom. The van der Waals surface area contributed by atoms with E-state index in [9.17, 15) is 9.59 Å². The number of carbonyl (C=O) groups excluding carboxylic acids is 2. The lowest BCUT2D eigenvalue weighted by Crippen LogP contribution is -2.19. The van der Waals surface area contributed by atoms with Gasteiger partial charge < -0.3 is 9.47 Å². The number of thioether (sulfide) groups is 1. The first-order chi connectivity index (χ1) is 12.0. The van der Waals surface area contributed by atoms with Gasteiger partial charge in [0, 0.05) is 6.08 Å². The van der Waals surface area contributed by atoms with Crippen LogP contribution in [0.2, 0.25) is 0 Å². The molecule has 1 N–H and O–H groups in total. The molecule has 0 saturated carbocycles. The first-order valence-electron chi connectivity index (χ1n) is 7.66. The van der Waals surface area contributed by atoms with E-state index in [0.717, 1.165) is 41.1 Å². The predicted molar refractivity (Wildman–Crippen MR) is 97.8 cm³/mol. The number of amidine groups is 1. The summed E-state index contributed by atoms with van der Waals surface area (Å²) in [5.41, 5.74) is 1.88. The molecule has 8 heteroatoms. The van der Waals surface area contributed by atoms with Crippen LogP contribution in [0.3, 0.4) is 0 Å². The van der Waals surface area contributed by atoms with Gasteiger partial charge in [0.2, 0.25) is 0 Å². The van der Waals surface area contributed by atoms with E-state index in [4.69, 9.17) is 4.74 Å². The molecule has 1 amide bonds. The fourth-order valence-corrected chi connectivity index (χ4v) is 2.65. The molecule has 1 aromatic carbocycles. The highest BCUT2D eigenvalue weighted by atomic mass is 32.2. The van der Waals surface area contributed by atoms with Gasteiger partial charge in [-0.25, -0.2) is 4.79 Å². The molecule has 0 unspecified atom stereocenters. The lowest BCUT2D eigenvalue weighted by Gasteiger charge is -2.08. The third-order valence-corrected chi connectivity index (χ3v) is 4.02. The molecule has 1 fully saturated rings. The summed E-state index contributed by atoms with van der Waals surface area (Å²) in [6.45, 7) is 4.70. The van der Waals surface area contributed by atoms with Gasteiger partial charge in [-0.3, -0.25) is 10.1 Å². The Bertz CT molecular complexity index is 756. The Balaban J connectivity index is 2.02. The van der Waals surface area contributed by atoms with Crippen molar-refractivity contribution in [1.82, 2.24) is 5.32 Å². The summed E-state index contributed by atoms with van der Waals surface area (Å²) in [6.07, 6.45) is 3.65. The highest BCUT2D eigenvalue weighted by Gasteiger charge is 2.24. The molecule has 7 nitrogen and oxygen atoms in total. The SMILES string of the molecule is CCCOc1ccc(C=N/N=C2/NC(=O)/C(=C\C(=O)OC)S2)cc1C. The average molecular weight is 361 g/mol. The number of rotatable bonds is 6. The van der Waals surface area contributed by atoms with E-state index in [2.05, 4.69) is 27.2 Å². The monoisotopic (exact) mass is 361 g/mol. The summed E-state index contributed by atoms with van der Waals surface area (Å²) in [5.74, 6) is -0.151. The van der Waals surface area contributed by atoms with E-state index in [1.54, 1.807) is 6.21 Å². The quantitative estimate of drug-likeness (QED) is 0.364. The van der Waals surface area contributed by atoms with Crippen LogP contribution in [-0.4, -0.2) is 37.0 Å². The van der Waals surface area contributed by atoms with Gasteiger partial charge in [0.15, 0.2) is 5.17 Å². The molecule has 0 spiro atoms. The molecule has 0 atom stereocenters. The van der Waals surface area contributed by atoms with Gasteiger partial charge in [-0.05, 0) is 54.4 Å². The zero-order valence-electron chi connectivity index (χ0n) is 14.2. The summed E-state index contributed by atoms with van der Waals surface area (Å²) < 4.78 is 10.1. The zero-order valence-corrected chi connectivity index (χ0v) is 15.1. The van der Waals surface area contributed by atoms with E-state index in [0.29, 0.717) is 11.8 Å². The highest BCUT2D eigenvalue weighted by Crippen LogP contribution is 2.23. The molecule has 2 rings (SSSR count). The van der Waals surface area contributed by atoms with Crippen LogP contribution < -0.4 is 10.1 Å². The molecule has 1 aromatic rings. The Morgan fingerprint density at radius 3 is 2.88 bits per heavy atom. The van der Waals surface area contributed by atoms with Crippen LogP contribution in [0.5, 0.6) is 5.75 Å². The molecule has 132 valence electrons. The Hall–Kier alpha value is -2.61. The number of amides is 1. The number of aryl methyl sites for hydroxylation is 1. The number of hydrogen-bond acceptors (Lipinski definition) is 7. The van der Waals surface area contributed by atoms with Crippen LogP contribution in [0, 0.1) is 6.92 Å². The standard InChI is InChI=1S/C17H19N3O4S/c1-4-7-24-13-6-5-12(8-11(13)2)10-18-20-17-19-16(22)14(25-17)9-15(21)23-3/h5-6,8-10H,4,7H2,1-3H3,(H,19,20,22)/b14-9+,18-10?. The number of ether oxygens (including phenoxy) is 2. The second-order valence-electron chi connectivity index (χ2n) is 5.11. The van der Waals surface area contributed by atoms with Gasteiger partial charge >= 0.3 is 5.97 Å². The van der Waals surface area contributed by atoms with Gasteiger partial charge in [-0.1, -0.05) is 6.92 Å². The summed E-state index contributed by atoms with van der Waals surface area (Å²) in [5, 5.41) is 10.7. The van der Waals surface area contributed by atoms with E-state index in [-0.39, 0.29) is 4.91 Å². The molecule has 0 aliphatic carbocycles. The third kappa shape index (κ3) is 5.46.